The van der Waals surface area contributed by atoms with Crippen molar-refractivity contribution in [2.75, 3.05) is 37.7 Å². The first kappa shape index (κ1) is 17.7. The van der Waals surface area contributed by atoms with Gasteiger partial charge in [-0.2, -0.15) is 0 Å². The van der Waals surface area contributed by atoms with Gasteiger partial charge in [-0.05, 0) is 63.0 Å². The number of likely N-dealkylation sites (tertiary alicyclic amines) is 1. The fourth-order valence-corrected chi connectivity index (χ4v) is 3.41. The first-order valence-electron chi connectivity index (χ1n) is 7.91. The zero-order valence-electron chi connectivity index (χ0n) is 13.7. The van der Waals surface area contributed by atoms with Gasteiger partial charge < -0.3 is 10.2 Å². The average molecular weight is 339 g/mol. The number of carbonyl (C=O) groups is 1. The van der Waals surface area contributed by atoms with Crippen LogP contribution in [0.5, 0.6) is 0 Å². The van der Waals surface area contributed by atoms with E-state index in [0.717, 1.165) is 45.2 Å². The normalized spacial score (nSPS) is 16.3. The molecule has 1 amide bonds. The summed E-state index contributed by atoms with van der Waals surface area (Å²) in [5.74, 6) is 0.704. The van der Waals surface area contributed by atoms with Crippen molar-refractivity contribution in [3.05, 3.63) is 29.8 Å². The Morgan fingerprint density at radius 3 is 2.35 bits per heavy atom. The standard InChI is InChI=1S/C16H25N3O3S/c1-17-10-7-13-8-11-19(12-9-13)16(20)14-3-5-15(6-4-14)18-23(2,21)22/h3-6,13,17-18H,7-12H2,1-2H3. The predicted octanol–water partition coefficient (Wildman–Crippen LogP) is 1.52. The minimum absolute atomic E-state index is 0.0166. The SMILES string of the molecule is CNCCC1CCN(C(=O)c2ccc(NS(C)(=O)=O)cc2)CC1. The zero-order chi connectivity index (χ0) is 16.9. The van der Waals surface area contributed by atoms with Gasteiger partial charge in [-0.3, -0.25) is 9.52 Å². The molecule has 23 heavy (non-hydrogen) atoms. The fraction of sp³-hybridized carbons (Fsp3) is 0.562. The summed E-state index contributed by atoms with van der Waals surface area (Å²) in [6.07, 6.45) is 4.34. The number of nitrogens with zero attached hydrogens (tertiary/aromatic N) is 1. The number of sulfonamides is 1. The van der Waals surface area contributed by atoms with E-state index in [9.17, 15) is 13.2 Å². The van der Waals surface area contributed by atoms with Crippen molar-refractivity contribution in [1.29, 1.82) is 0 Å². The van der Waals surface area contributed by atoms with E-state index in [1.165, 1.54) is 0 Å². The Morgan fingerprint density at radius 2 is 1.83 bits per heavy atom. The number of nitrogens with one attached hydrogen (secondary N) is 2. The van der Waals surface area contributed by atoms with Gasteiger partial charge in [-0.25, -0.2) is 8.42 Å². The van der Waals surface area contributed by atoms with Crippen LogP contribution in [0.15, 0.2) is 24.3 Å². The van der Waals surface area contributed by atoms with Crippen LogP contribution in [0.2, 0.25) is 0 Å². The summed E-state index contributed by atoms with van der Waals surface area (Å²) in [6.45, 7) is 2.60. The summed E-state index contributed by atoms with van der Waals surface area (Å²) in [5, 5.41) is 3.17. The number of hydrogen-bond donors (Lipinski definition) is 2. The molecule has 0 saturated carbocycles. The molecule has 1 aliphatic rings. The van der Waals surface area contributed by atoms with Gasteiger partial charge in [-0.1, -0.05) is 0 Å². The van der Waals surface area contributed by atoms with E-state index >= 15 is 0 Å². The third kappa shape index (κ3) is 5.51. The lowest BCUT2D eigenvalue weighted by Gasteiger charge is -2.32. The summed E-state index contributed by atoms with van der Waals surface area (Å²) < 4.78 is 24.8. The van der Waals surface area contributed by atoms with Gasteiger partial charge in [0.15, 0.2) is 0 Å². The van der Waals surface area contributed by atoms with Crippen LogP contribution >= 0.6 is 0 Å². The molecule has 0 aliphatic carbocycles. The molecule has 2 N–H and O–H groups in total. The van der Waals surface area contributed by atoms with Crippen LogP contribution < -0.4 is 10.0 Å². The molecule has 0 bridgehead atoms. The zero-order valence-corrected chi connectivity index (χ0v) is 14.5. The van der Waals surface area contributed by atoms with E-state index in [1.807, 2.05) is 11.9 Å². The molecule has 1 saturated heterocycles. The van der Waals surface area contributed by atoms with Gasteiger partial charge in [0.25, 0.3) is 5.91 Å². The van der Waals surface area contributed by atoms with E-state index < -0.39 is 10.0 Å². The van der Waals surface area contributed by atoms with Crippen molar-refractivity contribution in [3.63, 3.8) is 0 Å². The van der Waals surface area contributed by atoms with Gasteiger partial charge in [0.2, 0.25) is 10.0 Å². The van der Waals surface area contributed by atoms with Crippen LogP contribution in [-0.4, -0.2) is 52.2 Å². The van der Waals surface area contributed by atoms with Crippen LogP contribution in [0.25, 0.3) is 0 Å². The Balaban J connectivity index is 1.91. The topological polar surface area (TPSA) is 78.5 Å². The van der Waals surface area contributed by atoms with Crippen LogP contribution in [0, 0.1) is 5.92 Å². The van der Waals surface area contributed by atoms with Crippen LogP contribution in [0.4, 0.5) is 5.69 Å². The second kappa shape index (κ2) is 7.79. The molecule has 1 aromatic carbocycles. The lowest BCUT2D eigenvalue weighted by Crippen LogP contribution is -2.38. The highest BCUT2D eigenvalue weighted by Crippen LogP contribution is 2.22. The van der Waals surface area contributed by atoms with Crippen molar-refractivity contribution in [3.8, 4) is 0 Å². The van der Waals surface area contributed by atoms with E-state index in [-0.39, 0.29) is 5.91 Å². The first-order chi connectivity index (χ1) is 10.9. The Kier molecular flexibility index (Phi) is 6.01. The number of anilines is 1. The molecule has 0 aromatic heterocycles. The molecule has 1 fully saturated rings. The van der Waals surface area contributed by atoms with Gasteiger partial charge in [-0.15, -0.1) is 0 Å². The smallest absolute Gasteiger partial charge is 0.253 e. The number of piperidine rings is 1. The highest BCUT2D eigenvalue weighted by molar-refractivity contribution is 7.92. The van der Waals surface area contributed by atoms with E-state index in [4.69, 9.17) is 0 Å². The maximum absolute atomic E-state index is 12.5. The second-order valence-electron chi connectivity index (χ2n) is 6.08. The van der Waals surface area contributed by atoms with Gasteiger partial charge in [0.1, 0.15) is 0 Å². The fourth-order valence-electron chi connectivity index (χ4n) is 2.85. The molecule has 0 unspecified atom stereocenters. The first-order valence-corrected chi connectivity index (χ1v) is 9.80. The number of hydrogen-bond acceptors (Lipinski definition) is 4. The average Bonchev–Trinajstić information content (AvgIpc) is 2.52. The maximum Gasteiger partial charge on any atom is 0.253 e. The van der Waals surface area contributed by atoms with Crippen LogP contribution in [0.1, 0.15) is 29.6 Å². The number of benzene rings is 1. The molecule has 0 atom stereocenters. The van der Waals surface area contributed by atoms with Crippen molar-refractivity contribution < 1.29 is 13.2 Å². The third-order valence-electron chi connectivity index (χ3n) is 4.14. The van der Waals surface area contributed by atoms with E-state index in [1.54, 1.807) is 24.3 Å². The Hall–Kier alpha value is -1.60. The maximum atomic E-state index is 12.5. The van der Waals surface area contributed by atoms with Gasteiger partial charge in [0, 0.05) is 24.3 Å². The minimum atomic E-state index is -3.30. The van der Waals surface area contributed by atoms with Crippen molar-refractivity contribution in [2.24, 2.45) is 5.92 Å². The van der Waals surface area contributed by atoms with Crippen molar-refractivity contribution in [2.45, 2.75) is 19.3 Å². The molecule has 1 aliphatic heterocycles. The molecule has 0 radical (unpaired) electrons. The molecular weight excluding hydrogens is 314 g/mol. The quantitative estimate of drug-likeness (QED) is 0.824. The Labute approximate surface area is 138 Å². The Bertz CT molecular complexity index is 620. The highest BCUT2D eigenvalue weighted by atomic mass is 32.2. The number of amides is 1. The predicted molar refractivity (Wildman–Crippen MR) is 92.1 cm³/mol. The largest absolute Gasteiger partial charge is 0.339 e. The van der Waals surface area contributed by atoms with E-state index in [0.29, 0.717) is 17.2 Å². The summed E-state index contributed by atoms with van der Waals surface area (Å²) in [7, 11) is -1.34. The minimum Gasteiger partial charge on any atom is -0.339 e. The highest BCUT2D eigenvalue weighted by Gasteiger charge is 2.23. The summed E-state index contributed by atoms with van der Waals surface area (Å²) in [6, 6.07) is 6.58. The molecule has 0 spiro atoms. The molecule has 1 aromatic rings. The molecule has 128 valence electrons. The lowest BCUT2D eigenvalue weighted by atomic mass is 9.93. The Morgan fingerprint density at radius 1 is 1.22 bits per heavy atom. The van der Waals surface area contributed by atoms with E-state index in [2.05, 4.69) is 10.0 Å². The molecular formula is C16H25N3O3S. The number of carbonyl (C=O) groups excluding carboxylic acids is 1. The van der Waals surface area contributed by atoms with Gasteiger partial charge >= 0.3 is 0 Å². The molecule has 6 nitrogen and oxygen atoms in total. The molecule has 1 heterocycles. The van der Waals surface area contributed by atoms with Crippen molar-refractivity contribution >= 4 is 21.6 Å². The van der Waals surface area contributed by atoms with Gasteiger partial charge in [0.05, 0.1) is 6.26 Å². The molecule has 2 rings (SSSR count). The second-order valence-corrected chi connectivity index (χ2v) is 7.83. The number of rotatable bonds is 6. The molecule has 7 heteroatoms. The van der Waals surface area contributed by atoms with Crippen molar-refractivity contribution in [1.82, 2.24) is 10.2 Å². The monoisotopic (exact) mass is 339 g/mol. The lowest BCUT2D eigenvalue weighted by molar-refractivity contribution is 0.0687. The summed E-state index contributed by atoms with van der Waals surface area (Å²) in [5.41, 5.74) is 1.06. The van der Waals surface area contributed by atoms with Crippen LogP contribution in [0.3, 0.4) is 0 Å². The third-order valence-corrected chi connectivity index (χ3v) is 4.75. The summed E-state index contributed by atoms with van der Waals surface area (Å²) >= 11 is 0. The van der Waals surface area contributed by atoms with Crippen LogP contribution in [-0.2, 0) is 10.0 Å². The summed E-state index contributed by atoms with van der Waals surface area (Å²) in [4.78, 5) is 14.4.